The first-order valence-electron chi connectivity index (χ1n) is 4.78. The minimum Gasteiger partial charge on any atom is -0.328 e. The van der Waals surface area contributed by atoms with Crippen molar-refractivity contribution in [3.8, 4) is 0 Å². The molecule has 4 heteroatoms. The monoisotopic (exact) mass is 197 g/mol. The summed E-state index contributed by atoms with van der Waals surface area (Å²) in [6, 6.07) is -0.0534. The molecule has 0 aliphatic rings. The van der Waals surface area contributed by atoms with Crippen LogP contribution >= 0.6 is 0 Å². The smallest absolute Gasteiger partial charge is 0.328 e. The average molecular weight is 197 g/mol. The van der Waals surface area contributed by atoms with Crippen molar-refractivity contribution in [3.05, 3.63) is 0 Å². The molecular weight excluding hydrogens is 179 g/mol. The van der Waals surface area contributed by atoms with Gasteiger partial charge in [0.2, 0.25) is 0 Å². The van der Waals surface area contributed by atoms with Gasteiger partial charge in [0.05, 0.1) is 0 Å². The first-order valence-corrected chi connectivity index (χ1v) is 4.78. The Morgan fingerprint density at radius 2 is 1.69 bits per heavy atom. The molecule has 0 spiro atoms. The number of hydrogen-bond acceptors (Lipinski definition) is 1. The van der Waals surface area contributed by atoms with Gasteiger partial charge in [0.25, 0.3) is 0 Å². The van der Waals surface area contributed by atoms with Gasteiger partial charge in [-0.2, -0.15) is 13.2 Å². The van der Waals surface area contributed by atoms with E-state index in [4.69, 9.17) is 5.73 Å². The van der Waals surface area contributed by atoms with Crippen molar-refractivity contribution in [2.75, 3.05) is 0 Å². The molecule has 13 heavy (non-hydrogen) atoms. The molecule has 0 aromatic heterocycles. The number of unbranched alkanes of at least 4 members (excludes halogenated alkanes) is 1. The Hall–Kier alpha value is -0.250. The number of hydrogen-bond donors (Lipinski definition) is 1. The minimum atomic E-state index is -4.02. The molecule has 0 aromatic carbocycles. The summed E-state index contributed by atoms with van der Waals surface area (Å²) in [7, 11) is 0. The highest BCUT2D eigenvalue weighted by Crippen LogP contribution is 2.22. The quantitative estimate of drug-likeness (QED) is 0.695. The molecule has 0 saturated carbocycles. The van der Waals surface area contributed by atoms with Gasteiger partial charge in [0.15, 0.2) is 0 Å². The SMILES string of the molecule is CCCCC(N)CCCC(F)(F)F. The summed E-state index contributed by atoms with van der Waals surface area (Å²) >= 11 is 0. The van der Waals surface area contributed by atoms with Crippen LogP contribution in [0.15, 0.2) is 0 Å². The van der Waals surface area contributed by atoms with Crippen LogP contribution in [-0.4, -0.2) is 12.2 Å². The van der Waals surface area contributed by atoms with E-state index in [1.54, 1.807) is 0 Å². The maximum absolute atomic E-state index is 11.7. The van der Waals surface area contributed by atoms with E-state index in [2.05, 4.69) is 0 Å². The molecule has 0 amide bonds. The molecular formula is C9H18F3N. The minimum absolute atomic E-state index is 0.0534. The van der Waals surface area contributed by atoms with E-state index in [1.807, 2.05) is 6.92 Å². The third kappa shape index (κ3) is 9.67. The van der Waals surface area contributed by atoms with Crippen molar-refractivity contribution in [2.45, 2.75) is 57.7 Å². The third-order valence-electron chi connectivity index (χ3n) is 1.96. The Morgan fingerprint density at radius 3 is 2.15 bits per heavy atom. The summed E-state index contributed by atoms with van der Waals surface area (Å²) < 4.78 is 35.2. The first-order chi connectivity index (χ1) is 5.95. The lowest BCUT2D eigenvalue weighted by Crippen LogP contribution is -2.20. The molecule has 80 valence electrons. The Kier molecular flexibility index (Phi) is 6.12. The topological polar surface area (TPSA) is 26.0 Å². The Morgan fingerprint density at radius 1 is 1.15 bits per heavy atom. The van der Waals surface area contributed by atoms with Gasteiger partial charge in [0.1, 0.15) is 0 Å². The zero-order valence-corrected chi connectivity index (χ0v) is 8.03. The number of halogens is 3. The van der Waals surface area contributed by atoms with Crippen molar-refractivity contribution in [3.63, 3.8) is 0 Å². The molecule has 0 rings (SSSR count). The zero-order valence-electron chi connectivity index (χ0n) is 8.03. The first kappa shape index (κ1) is 12.8. The fourth-order valence-electron chi connectivity index (χ4n) is 1.18. The van der Waals surface area contributed by atoms with Crippen LogP contribution in [0, 0.1) is 0 Å². The van der Waals surface area contributed by atoms with E-state index < -0.39 is 12.6 Å². The van der Waals surface area contributed by atoms with Gasteiger partial charge in [-0.3, -0.25) is 0 Å². The molecule has 1 unspecified atom stereocenters. The van der Waals surface area contributed by atoms with Crippen LogP contribution in [0.5, 0.6) is 0 Å². The molecule has 1 nitrogen and oxygen atoms in total. The van der Waals surface area contributed by atoms with Crippen molar-refractivity contribution in [1.29, 1.82) is 0 Å². The van der Waals surface area contributed by atoms with Crippen LogP contribution in [0.2, 0.25) is 0 Å². The standard InChI is InChI=1S/C9H18F3N/c1-2-3-5-8(13)6-4-7-9(10,11)12/h8H,2-7,13H2,1H3. The average Bonchev–Trinajstić information content (AvgIpc) is 1.98. The molecule has 0 bridgehead atoms. The van der Waals surface area contributed by atoms with Crippen LogP contribution in [0.4, 0.5) is 13.2 Å². The molecule has 0 fully saturated rings. The maximum Gasteiger partial charge on any atom is 0.389 e. The lowest BCUT2D eigenvalue weighted by Gasteiger charge is -2.11. The van der Waals surface area contributed by atoms with Crippen LogP contribution in [-0.2, 0) is 0 Å². The second-order valence-corrected chi connectivity index (χ2v) is 3.41. The van der Waals surface area contributed by atoms with Gasteiger partial charge in [-0.1, -0.05) is 19.8 Å². The van der Waals surface area contributed by atoms with Gasteiger partial charge < -0.3 is 5.73 Å². The molecule has 1 atom stereocenters. The highest BCUT2D eigenvalue weighted by Gasteiger charge is 2.26. The van der Waals surface area contributed by atoms with E-state index in [0.717, 1.165) is 19.3 Å². The Balaban J connectivity index is 3.31. The summed E-state index contributed by atoms with van der Waals surface area (Å²) in [6.07, 6.45) is -1.18. The molecule has 2 N–H and O–H groups in total. The van der Waals surface area contributed by atoms with Crippen molar-refractivity contribution < 1.29 is 13.2 Å². The van der Waals surface area contributed by atoms with Crippen molar-refractivity contribution >= 4 is 0 Å². The summed E-state index contributed by atoms with van der Waals surface area (Å²) in [5, 5.41) is 0. The van der Waals surface area contributed by atoms with Gasteiger partial charge in [-0.25, -0.2) is 0 Å². The van der Waals surface area contributed by atoms with E-state index in [1.165, 1.54) is 0 Å². The highest BCUT2D eigenvalue weighted by atomic mass is 19.4. The molecule has 0 saturated heterocycles. The van der Waals surface area contributed by atoms with E-state index in [0.29, 0.717) is 6.42 Å². The summed E-state index contributed by atoms with van der Waals surface area (Å²) in [6.45, 7) is 2.04. The Bertz CT molecular complexity index is 123. The lowest BCUT2D eigenvalue weighted by atomic mass is 10.0. The predicted octanol–water partition coefficient (Wildman–Crippen LogP) is 3.24. The lowest BCUT2D eigenvalue weighted by molar-refractivity contribution is -0.135. The van der Waals surface area contributed by atoms with Gasteiger partial charge >= 0.3 is 6.18 Å². The van der Waals surface area contributed by atoms with E-state index in [9.17, 15) is 13.2 Å². The summed E-state index contributed by atoms with van der Waals surface area (Å²) in [4.78, 5) is 0. The van der Waals surface area contributed by atoms with Crippen molar-refractivity contribution in [2.24, 2.45) is 5.73 Å². The maximum atomic E-state index is 11.7. The van der Waals surface area contributed by atoms with Crippen LogP contribution in [0.3, 0.4) is 0 Å². The fraction of sp³-hybridized carbons (Fsp3) is 1.00. The largest absolute Gasteiger partial charge is 0.389 e. The summed E-state index contributed by atoms with van der Waals surface area (Å²) in [5.41, 5.74) is 5.62. The summed E-state index contributed by atoms with van der Waals surface area (Å²) in [5.74, 6) is 0. The number of alkyl halides is 3. The van der Waals surface area contributed by atoms with Gasteiger partial charge in [-0.05, 0) is 19.3 Å². The number of nitrogens with two attached hydrogens (primary N) is 1. The normalized spacial score (nSPS) is 14.5. The second-order valence-electron chi connectivity index (χ2n) is 3.41. The Labute approximate surface area is 77.5 Å². The molecule has 0 heterocycles. The molecule has 0 aliphatic heterocycles. The van der Waals surface area contributed by atoms with Gasteiger partial charge in [-0.15, -0.1) is 0 Å². The highest BCUT2D eigenvalue weighted by molar-refractivity contribution is 4.62. The van der Waals surface area contributed by atoms with E-state index >= 15 is 0 Å². The molecule has 0 aromatic rings. The van der Waals surface area contributed by atoms with Gasteiger partial charge in [0, 0.05) is 12.5 Å². The van der Waals surface area contributed by atoms with Crippen LogP contribution in [0.1, 0.15) is 45.4 Å². The van der Waals surface area contributed by atoms with E-state index in [-0.39, 0.29) is 12.5 Å². The molecule has 0 radical (unpaired) electrons. The number of rotatable bonds is 6. The third-order valence-corrected chi connectivity index (χ3v) is 1.96. The second kappa shape index (κ2) is 6.24. The van der Waals surface area contributed by atoms with Crippen molar-refractivity contribution in [1.82, 2.24) is 0 Å². The zero-order chi connectivity index (χ0) is 10.3. The van der Waals surface area contributed by atoms with Crippen LogP contribution < -0.4 is 5.73 Å². The fourth-order valence-corrected chi connectivity index (χ4v) is 1.18. The predicted molar refractivity (Wildman–Crippen MR) is 47.4 cm³/mol. The van der Waals surface area contributed by atoms with Crippen LogP contribution in [0.25, 0.3) is 0 Å². The molecule has 0 aliphatic carbocycles.